The molecule has 0 saturated carbocycles. The second-order valence-corrected chi connectivity index (χ2v) is 4.05. The van der Waals surface area contributed by atoms with E-state index in [1.54, 1.807) is 0 Å². The summed E-state index contributed by atoms with van der Waals surface area (Å²) in [4.78, 5) is 11.0. The zero-order valence-electron chi connectivity index (χ0n) is 8.16. The molecule has 0 bridgehead atoms. The highest BCUT2D eigenvalue weighted by atomic mass is 79.9. The molecule has 0 saturated heterocycles. The van der Waals surface area contributed by atoms with E-state index in [1.165, 1.54) is 6.92 Å². The SMILES string of the molecule is CC(=O)Oc1c(Br)ccc2ccccc12. The van der Waals surface area contributed by atoms with Gasteiger partial charge in [-0.2, -0.15) is 0 Å². The van der Waals surface area contributed by atoms with Gasteiger partial charge >= 0.3 is 5.97 Å². The van der Waals surface area contributed by atoms with Crippen LogP contribution in [-0.2, 0) is 4.79 Å². The van der Waals surface area contributed by atoms with Crippen molar-refractivity contribution in [2.45, 2.75) is 6.92 Å². The van der Waals surface area contributed by atoms with Crippen molar-refractivity contribution in [2.24, 2.45) is 0 Å². The first-order valence-corrected chi connectivity index (χ1v) is 5.33. The van der Waals surface area contributed by atoms with Gasteiger partial charge in [-0.25, -0.2) is 0 Å². The third-order valence-corrected chi connectivity index (χ3v) is 2.70. The Morgan fingerprint density at radius 2 is 1.93 bits per heavy atom. The maximum absolute atomic E-state index is 11.0. The minimum atomic E-state index is -0.313. The van der Waals surface area contributed by atoms with Crippen LogP contribution >= 0.6 is 15.9 Å². The molecule has 0 N–H and O–H groups in total. The molecule has 0 unspecified atom stereocenters. The fourth-order valence-electron chi connectivity index (χ4n) is 1.46. The van der Waals surface area contributed by atoms with Gasteiger partial charge in [0.2, 0.25) is 0 Å². The Hall–Kier alpha value is -1.35. The van der Waals surface area contributed by atoms with Crippen LogP contribution in [0.1, 0.15) is 6.92 Å². The molecule has 0 fully saturated rings. The van der Waals surface area contributed by atoms with Gasteiger partial charge in [0.25, 0.3) is 0 Å². The van der Waals surface area contributed by atoms with Crippen molar-refractivity contribution in [2.75, 3.05) is 0 Å². The van der Waals surface area contributed by atoms with Crippen LogP contribution in [0.5, 0.6) is 5.75 Å². The first-order chi connectivity index (χ1) is 7.18. The van der Waals surface area contributed by atoms with Crippen molar-refractivity contribution in [3.05, 3.63) is 40.9 Å². The number of carbonyl (C=O) groups excluding carboxylic acids is 1. The third-order valence-electron chi connectivity index (χ3n) is 2.08. The summed E-state index contributed by atoms with van der Waals surface area (Å²) in [5.74, 6) is 0.271. The van der Waals surface area contributed by atoms with Crippen molar-refractivity contribution in [1.82, 2.24) is 0 Å². The van der Waals surface area contributed by atoms with Crippen LogP contribution in [0, 0.1) is 0 Å². The monoisotopic (exact) mass is 264 g/mol. The Morgan fingerprint density at radius 3 is 2.67 bits per heavy atom. The number of esters is 1. The largest absolute Gasteiger partial charge is 0.425 e. The van der Waals surface area contributed by atoms with Gasteiger partial charge in [0, 0.05) is 12.3 Å². The summed E-state index contributed by atoms with van der Waals surface area (Å²) in [7, 11) is 0. The average molecular weight is 265 g/mol. The number of fused-ring (bicyclic) bond motifs is 1. The molecule has 2 aromatic rings. The predicted molar refractivity (Wildman–Crippen MR) is 63.0 cm³/mol. The van der Waals surface area contributed by atoms with E-state index in [2.05, 4.69) is 15.9 Å². The summed E-state index contributed by atoms with van der Waals surface area (Å²) in [5.41, 5.74) is 0. The molecule has 0 spiro atoms. The Morgan fingerprint density at radius 1 is 1.20 bits per heavy atom. The third kappa shape index (κ3) is 2.02. The maximum Gasteiger partial charge on any atom is 0.308 e. The van der Waals surface area contributed by atoms with Gasteiger partial charge in [-0.1, -0.05) is 30.3 Å². The molecular weight excluding hydrogens is 256 g/mol. The van der Waals surface area contributed by atoms with Gasteiger partial charge in [-0.3, -0.25) is 4.79 Å². The van der Waals surface area contributed by atoms with Crippen molar-refractivity contribution >= 4 is 32.7 Å². The maximum atomic E-state index is 11.0. The van der Waals surface area contributed by atoms with E-state index in [1.807, 2.05) is 36.4 Å². The summed E-state index contributed by atoms with van der Waals surface area (Å²) in [5, 5.41) is 1.99. The molecule has 0 aliphatic heterocycles. The lowest BCUT2D eigenvalue weighted by atomic mass is 10.1. The molecule has 0 atom stereocenters. The van der Waals surface area contributed by atoms with Crippen LogP contribution in [0.25, 0.3) is 10.8 Å². The van der Waals surface area contributed by atoms with Gasteiger partial charge in [0.05, 0.1) is 4.47 Å². The van der Waals surface area contributed by atoms with Crippen LogP contribution in [0.15, 0.2) is 40.9 Å². The van der Waals surface area contributed by atoms with E-state index in [9.17, 15) is 4.79 Å². The second kappa shape index (κ2) is 4.03. The number of hydrogen-bond donors (Lipinski definition) is 0. The average Bonchev–Trinajstić information content (AvgIpc) is 2.22. The highest BCUT2D eigenvalue weighted by Gasteiger charge is 2.08. The smallest absolute Gasteiger partial charge is 0.308 e. The molecule has 0 heterocycles. The lowest BCUT2D eigenvalue weighted by Crippen LogP contribution is -2.02. The number of rotatable bonds is 1. The summed E-state index contributed by atoms with van der Waals surface area (Å²) in [6, 6.07) is 11.6. The van der Waals surface area contributed by atoms with Crippen LogP contribution in [0.3, 0.4) is 0 Å². The highest BCUT2D eigenvalue weighted by Crippen LogP contribution is 2.33. The molecule has 0 radical (unpaired) electrons. The molecule has 76 valence electrons. The van der Waals surface area contributed by atoms with Gasteiger partial charge < -0.3 is 4.74 Å². The lowest BCUT2D eigenvalue weighted by Gasteiger charge is -2.07. The molecule has 0 amide bonds. The molecule has 2 rings (SSSR count). The Bertz CT molecular complexity index is 520. The molecule has 0 aromatic heterocycles. The van der Waals surface area contributed by atoms with Gasteiger partial charge in [0.15, 0.2) is 5.75 Å². The summed E-state index contributed by atoms with van der Waals surface area (Å²) in [6.45, 7) is 1.40. The standard InChI is InChI=1S/C12H9BrO2/c1-8(14)15-12-10-5-3-2-4-9(10)6-7-11(12)13/h2-7H,1H3. The molecule has 2 aromatic carbocycles. The number of halogens is 1. The Labute approximate surface area is 96.0 Å². The van der Waals surface area contributed by atoms with Crippen molar-refractivity contribution < 1.29 is 9.53 Å². The van der Waals surface area contributed by atoms with Crippen LogP contribution in [0.2, 0.25) is 0 Å². The molecule has 0 aliphatic carbocycles. The quantitative estimate of drug-likeness (QED) is 0.582. The number of benzene rings is 2. The first kappa shape index (κ1) is 10.2. The van der Waals surface area contributed by atoms with Crippen molar-refractivity contribution in [3.63, 3.8) is 0 Å². The van der Waals surface area contributed by atoms with E-state index >= 15 is 0 Å². The molecule has 15 heavy (non-hydrogen) atoms. The van der Waals surface area contributed by atoms with E-state index in [-0.39, 0.29) is 5.97 Å². The predicted octanol–water partition coefficient (Wildman–Crippen LogP) is 3.53. The number of ether oxygens (including phenoxy) is 1. The molecule has 0 aliphatic rings. The number of carbonyl (C=O) groups is 1. The summed E-state index contributed by atoms with van der Waals surface area (Å²) >= 11 is 3.37. The van der Waals surface area contributed by atoms with Crippen LogP contribution in [-0.4, -0.2) is 5.97 Å². The zero-order chi connectivity index (χ0) is 10.8. The highest BCUT2D eigenvalue weighted by molar-refractivity contribution is 9.10. The van der Waals surface area contributed by atoms with Gasteiger partial charge in [-0.15, -0.1) is 0 Å². The minimum absolute atomic E-state index is 0.313. The van der Waals surface area contributed by atoms with Gasteiger partial charge in [0.1, 0.15) is 0 Å². The van der Waals surface area contributed by atoms with E-state index in [0.717, 1.165) is 15.2 Å². The number of hydrogen-bond acceptors (Lipinski definition) is 2. The fourth-order valence-corrected chi connectivity index (χ4v) is 1.89. The Balaban J connectivity index is 2.68. The van der Waals surface area contributed by atoms with Crippen molar-refractivity contribution in [3.8, 4) is 5.75 Å². The zero-order valence-corrected chi connectivity index (χ0v) is 9.74. The Kier molecular flexibility index (Phi) is 2.73. The normalized spacial score (nSPS) is 10.3. The van der Waals surface area contributed by atoms with E-state index in [4.69, 9.17) is 4.74 Å². The lowest BCUT2D eigenvalue weighted by molar-refractivity contribution is -0.131. The van der Waals surface area contributed by atoms with Gasteiger partial charge in [-0.05, 0) is 27.4 Å². The molecule has 2 nitrogen and oxygen atoms in total. The first-order valence-electron chi connectivity index (χ1n) is 4.54. The fraction of sp³-hybridized carbons (Fsp3) is 0.0833. The molecule has 3 heteroatoms. The van der Waals surface area contributed by atoms with Crippen LogP contribution in [0.4, 0.5) is 0 Å². The van der Waals surface area contributed by atoms with E-state index < -0.39 is 0 Å². The van der Waals surface area contributed by atoms with Crippen LogP contribution < -0.4 is 4.74 Å². The topological polar surface area (TPSA) is 26.3 Å². The minimum Gasteiger partial charge on any atom is -0.425 e. The summed E-state index contributed by atoms with van der Waals surface area (Å²) in [6.07, 6.45) is 0. The second-order valence-electron chi connectivity index (χ2n) is 3.19. The summed E-state index contributed by atoms with van der Waals surface area (Å²) < 4.78 is 5.96. The molecular formula is C12H9BrO2. The van der Waals surface area contributed by atoms with E-state index in [0.29, 0.717) is 5.75 Å². The van der Waals surface area contributed by atoms with Crippen molar-refractivity contribution in [1.29, 1.82) is 0 Å².